The van der Waals surface area contributed by atoms with Crippen LogP contribution in [-0.2, 0) is 20.9 Å². The van der Waals surface area contributed by atoms with E-state index in [1.807, 2.05) is 44.2 Å². The van der Waals surface area contributed by atoms with Gasteiger partial charge in [-0.2, -0.15) is 9.78 Å². The zero-order valence-electron chi connectivity index (χ0n) is 20.1. The second kappa shape index (κ2) is 10.2. The van der Waals surface area contributed by atoms with Crippen LogP contribution in [0.15, 0.2) is 41.3 Å². The standard InChI is InChI=1S/C26H32N4O4/c1-4-34-26(33)20-10-8-14-28(17-20)23(31)13-9-15-29-18(2)22-16-27-30(21-11-6-5-7-12-21)25(32)24(22)19(29)3/h5-7,11-12,16,20H,4,8-10,13-15,17H2,1-3H3/t20-/m0/s1. The number of aromatic nitrogens is 3. The van der Waals surface area contributed by atoms with Crippen LogP contribution in [0.1, 0.15) is 44.0 Å². The van der Waals surface area contributed by atoms with Gasteiger partial charge in [-0.05, 0) is 52.2 Å². The third kappa shape index (κ3) is 4.62. The van der Waals surface area contributed by atoms with Crippen molar-refractivity contribution in [3.05, 3.63) is 58.3 Å². The number of fused-ring (bicyclic) bond motifs is 1. The van der Waals surface area contributed by atoms with Gasteiger partial charge in [-0.15, -0.1) is 0 Å². The molecule has 180 valence electrons. The minimum Gasteiger partial charge on any atom is -0.466 e. The summed E-state index contributed by atoms with van der Waals surface area (Å²) in [6.07, 6.45) is 4.39. The molecule has 0 spiro atoms. The van der Waals surface area contributed by atoms with E-state index in [1.165, 1.54) is 4.68 Å². The van der Waals surface area contributed by atoms with Gasteiger partial charge in [-0.3, -0.25) is 14.4 Å². The number of ether oxygens (including phenoxy) is 1. The lowest BCUT2D eigenvalue weighted by molar-refractivity contribution is -0.151. The van der Waals surface area contributed by atoms with Crippen LogP contribution in [0.5, 0.6) is 0 Å². The van der Waals surface area contributed by atoms with E-state index in [-0.39, 0.29) is 23.4 Å². The van der Waals surface area contributed by atoms with Gasteiger partial charge in [0, 0.05) is 42.8 Å². The van der Waals surface area contributed by atoms with Crippen LogP contribution in [0.3, 0.4) is 0 Å². The molecule has 1 saturated heterocycles. The molecule has 0 saturated carbocycles. The molecule has 0 unspecified atom stereocenters. The predicted octanol–water partition coefficient (Wildman–Crippen LogP) is 3.39. The molecule has 4 rings (SSSR count). The average molecular weight is 465 g/mol. The fourth-order valence-electron chi connectivity index (χ4n) is 4.90. The largest absolute Gasteiger partial charge is 0.466 e. The number of aryl methyl sites for hydroxylation is 2. The number of likely N-dealkylation sites (tertiary alicyclic amines) is 1. The maximum atomic E-state index is 13.2. The third-order valence-electron chi connectivity index (χ3n) is 6.71. The molecule has 0 bridgehead atoms. The zero-order chi connectivity index (χ0) is 24.2. The van der Waals surface area contributed by atoms with E-state index in [0.717, 1.165) is 35.3 Å². The van der Waals surface area contributed by atoms with Crippen LogP contribution < -0.4 is 5.56 Å². The molecular weight excluding hydrogens is 432 g/mol. The number of hydrogen-bond donors (Lipinski definition) is 0. The van der Waals surface area contributed by atoms with Crippen LogP contribution in [0.25, 0.3) is 16.5 Å². The van der Waals surface area contributed by atoms with Gasteiger partial charge >= 0.3 is 5.97 Å². The Hall–Kier alpha value is -3.42. The topological polar surface area (TPSA) is 86.4 Å². The molecule has 1 aliphatic rings. The Labute approximate surface area is 199 Å². The Kier molecular flexibility index (Phi) is 7.14. The summed E-state index contributed by atoms with van der Waals surface area (Å²) in [5.41, 5.74) is 2.45. The van der Waals surface area contributed by atoms with E-state index >= 15 is 0 Å². The van der Waals surface area contributed by atoms with E-state index in [2.05, 4.69) is 9.67 Å². The van der Waals surface area contributed by atoms with Gasteiger partial charge in [-0.25, -0.2) is 0 Å². The molecule has 8 heteroatoms. The van der Waals surface area contributed by atoms with Crippen LogP contribution in [0, 0.1) is 19.8 Å². The second-order valence-electron chi connectivity index (χ2n) is 8.84. The quantitative estimate of drug-likeness (QED) is 0.501. The van der Waals surface area contributed by atoms with Crippen LogP contribution in [0.2, 0.25) is 0 Å². The van der Waals surface area contributed by atoms with Crippen molar-refractivity contribution in [3.8, 4) is 5.69 Å². The van der Waals surface area contributed by atoms with Gasteiger partial charge in [0.25, 0.3) is 5.56 Å². The lowest BCUT2D eigenvalue weighted by Gasteiger charge is -2.31. The summed E-state index contributed by atoms with van der Waals surface area (Å²) < 4.78 is 8.67. The Morgan fingerprint density at radius 1 is 1.15 bits per heavy atom. The number of para-hydroxylation sites is 1. The number of benzene rings is 1. The molecule has 0 aliphatic carbocycles. The number of piperidine rings is 1. The maximum Gasteiger partial charge on any atom is 0.310 e. The fourth-order valence-corrected chi connectivity index (χ4v) is 4.90. The SMILES string of the molecule is CCOC(=O)[C@H]1CCCN(C(=O)CCCn2c(C)c3cnn(-c4ccccc4)c(=O)c3c2C)C1. The lowest BCUT2D eigenvalue weighted by Crippen LogP contribution is -2.42. The molecule has 1 aromatic carbocycles. The van der Waals surface area contributed by atoms with E-state index in [9.17, 15) is 14.4 Å². The van der Waals surface area contributed by atoms with E-state index in [0.29, 0.717) is 44.5 Å². The summed E-state index contributed by atoms with van der Waals surface area (Å²) in [4.78, 5) is 39.9. The first kappa shape index (κ1) is 23.7. The number of amides is 1. The Morgan fingerprint density at radius 3 is 2.65 bits per heavy atom. The smallest absolute Gasteiger partial charge is 0.310 e. The highest BCUT2D eigenvalue weighted by Gasteiger charge is 2.29. The minimum absolute atomic E-state index is 0.0640. The molecule has 1 amide bonds. The van der Waals surface area contributed by atoms with Crippen LogP contribution >= 0.6 is 0 Å². The molecule has 3 aromatic rings. The van der Waals surface area contributed by atoms with Crippen molar-refractivity contribution in [1.29, 1.82) is 0 Å². The monoisotopic (exact) mass is 464 g/mol. The Balaban J connectivity index is 1.46. The highest BCUT2D eigenvalue weighted by molar-refractivity contribution is 5.87. The molecule has 1 fully saturated rings. The molecular formula is C26H32N4O4. The normalized spacial score (nSPS) is 16.1. The summed E-state index contributed by atoms with van der Waals surface area (Å²) in [7, 11) is 0. The number of hydrogen-bond acceptors (Lipinski definition) is 5. The number of nitrogens with zero attached hydrogens (tertiary/aromatic N) is 4. The second-order valence-corrected chi connectivity index (χ2v) is 8.84. The molecule has 8 nitrogen and oxygen atoms in total. The van der Waals surface area contributed by atoms with Crippen LogP contribution in [-0.4, -0.2) is 50.8 Å². The average Bonchev–Trinajstić information content (AvgIpc) is 3.10. The van der Waals surface area contributed by atoms with Gasteiger partial charge in [0.05, 0.1) is 29.8 Å². The van der Waals surface area contributed by atoms with Crippen molar-refractivity contribution in [1.82, 2.24) is 19.2 Å². The van der Waals surface area contributed by atoms with E-state index in [4.69, 9.17) is 4.74 Å². The molecule has 3 heterocycles. The molecule has 0 N–H and O–H groups in total. The van der Waals surface area contributed by atoms with E-state index in [1.54, 1.807) is 18.0 Å². The summed E-state index contributed by atoms with van der Waals surface area (Å²) in [5, 5.41) is 5.89. The predicted molar refractivity (Wildman–Crippen MR) is 130 cm³/mol. The molecule has 0 radical (unpaired) electrons. The van der Waals surface area contributed by atoms with Gasteiger partial charge < -0.3 is 14.2 Å². The number of esters is 1. The highest BCUT2D eigenvalue weighted by Crippen LogP contribution is 2.24. The minimum atomic E-state index is -0.226. The Bertz CT molecular complexity index is 1250. The molecule has 2 aromatic heterocycles. The van der Waals surface area contributed by atoms with Crippen LogP contribution in [0.4, 0.5) is 0 Å². The first-order valence-corrected chi connectivity index (χ1v) is 12.0. The van der Waals surface area contributed by atoms with Gasteiger partial charge in [-0.1, -0.05) is 18.2 Å². The van der Waals surface area contributed by atoms with Crippen molar-refractivity contribution in [2.45, 2.75) is 53.0 Å². The lowest BCUT2D eigenvalue weighted by atomic mass is 9.98. The number of carbonyl (C=O) groups is 2. The Morgan fingerprint density at radius 2 is 1.91 bits per heavy atom. The van der Waals surface area contributed by atoms with Crippen molar-refractivity contribution in [2.24, 2.45) is 5.92 Å². The molecule has 1 atom stereocenters. The van der Waals surface area contributed by atoms with E-state index < -0.39 is 0 Å². The maximum absolute atomic E-state index is 13.2. The number of rotatable bonds is 7. The zero-order valence-corrected chi connectivity index (χ0v) is 20.1. The van der Waals surface area contributed by atoms with Crippen molar-refractivity contribution >= 4 is 22.6 Å². The van der Waals surface area contributed by atoms with Gasteiger partial charge in [0.1, 0.15) is 0 Å². The first-order valence-electron chi connectivity index (χ1n) is 12.0. The molecule has 34 heavy (non-hydrogen) atoms. The third-order valence-corrected chi connectivity index (χ3v) is 6.71. The summed E-state index contributed by atoms with van der Waals surface area (Å²) >= 11 is 0. The fraction of sp³-hybridized carbons (Fsp3) is 0.462. The van der Waals surface area contributed by atoms with Crippen molar-refractivity contribution < 1.29 is 14.3 Å². The van der Waals surface area contributed by atoms with Gasteiger partial charge in [0.2, 0.25) is 5.91 Å². The summed E-state index contributed by atoms with van der Waals surface area (Å²) in [6.45, 7) is 7.85. The van der Waals surface area contributed by atoms with Crippen molar-refractivity contribution in [2.75, 3.05) is 19.7 Å². The van der Waals surface area contributed by atoms with Gasteiger partial charge in [0.15, 0.2) is 0 Å². The molecule has 1 aliphatic heterocycles. The summed E-state index contributed by atoms with van der Waals surface area (Å²) in [6, 6.07) is 9.38. The highest BCUT2D eigenvalue weighted by atomic mass is 16.5. The first-order chi connectivity index (χ1) is 16.4. The van der Waals surface area contributed by atoms with Crippen molar-refractivity contribution in [3.63, 3.8) is 0 Å². The summed E-state index contributed by atoms with van der Waals surface area (Å²) in [5.74, 6) is -0.370. The number of carbonyl (C=O) groups excluding carboxylic acids is 2.